The number of ether oxygens (including phenoxy) is 1. The van der Waals surface area contributed by atoms with Crippen LogP contribution in [0.3, 0.4) is 0 Å². The van der Waals surface area contributed by atoms with Crippen molar-refractivity contribution in [3.8, 4) is 0 Å². The summed E-state index contributed by atoms with van der Waals surface area (Å²) in [6, 6.07) is -0.494. The number of nitrogens with one attached hydrogen (secondary N) is 1. The van der Waals surface area contributed by atoms with Crippen LogP contribution in [0.15, 0.2) is 0 Å². The van der Waals surface area contributed by atoms with E-state index < -0.39 is 6.03 Å². The van der Waals surface area contributed by atoms with Gasteiger partial charge in [-0.3, -0.25) is 0 Å². The van der Waals surface area contributed by atoms with Gasteiger partial charge in [-0.15, -0.1) is 0 Å². The van der Waals surface area contributed by atoms with E-state index in [1.807, 2.05) is 34.7 Å². The van der Waals surface area contributed by atoms with E-state index in [9.17, 15) is 4.79 Å². The number of carbonyl (C=O) groups excluding carboxylic acids is 1. The molecule has 1 fully saturated rings. The number of carbonyl (C=O) groups is 1. The summed E-state index contributed by atoms with van der Waals surface area (Å²) >= 11 is 0. The standard InChI is InChI=1S/C7H15N3O2.2C2H6/c1-10-2-3-12-6(5-10)4-9-7(8)11;2*1-2/h6H,2-5H2,1H3,(H3,8,9,11);2*1-2H3. The third-order valence-corrected chi connectivity index (χ3v) is 1.85. The number of amides is 2. The van der Waals surface area contributed by atoms with Crippen LogP contribution >= 0.6 is 0 Å². The van der Waals surface area contributed by atoms with Crippen LogP contribution in [-0.4, -0.2) is 50.3 Å². The molecular weight excluding hydrogens is 206 g/mol. The predicted molar refractivity (Wildman–Crippen MR) is 67.5 cm³/mol. The minimum atomic E-state index is -0.494. The van der Waals surface area contributed by atoms with Gasteiger partial charge in [0.25, 0.3) is 0 Å². The van der Waals surface area contributed by atoms with Crippen molar-refractivity contribution in [2.75, 3.05) is 33.3 Å². The first-order chi connectivity index (χ1) is 7.68. The van der Waals surface area contributed by atoms with Crippen molar-refractivity contribution in [1.29, 1.82) is 0 Å². The number of hydrogen-bond acceptors (Lipinski definition) is 3. The van der Waals surface area contributed by atoms with Crippen LogP contribution in [0, 0.1) is 0 Å². The van der Waals surface area contributed by atoms with Gasteiger partial charge in [0.2, 0.25) is 0 Å². The molecule has 0 bridgehead atoms. The van der Waals surface area contributed by atoms with E-state index in [1.54, 1.807) is 0 Å². The van der Waals surface area contributed by atoms with Gasteiger partial charge in [0.1, 0.15) is 0 Å². The number of nitrogens with zero attached hydrogens (tertiary/aromatic N) is 1. The molecule has 1 unspecified atom stereocenters. The molecule has 1 heterocycles. The highest BCUT2D eigenvalue weighted by Gasteiger charge is 2.17. The Labute approximate surface area is 99.3 Å². The average Bonchev–Trinajstić information content (AvgIpc) is 2.32. The first-order valence-electron chi connectivity index (χ1n) is 6.02. The van der Waals surface area contributed by atoms with E-state index in [0.717, 1.165) is 19.7 Å². The fourth-order valence-corrected chi connectivity index (χ4v) is 1.20. The lowest BCUT2D eigenvalue weighted by atomic mass is 10.3. The fourth-order valence-electron chi connectivity index (χ4n) is 1.20. The van der Waals surface area contributed by atoms with Crippen molar-refractivity contribution in [3.05, 3.63) is 0 Å². The molecule has 1 aliphatic heterocycles. The van der Waals surface area contributed by atoms with Gasteiger partial charge in [-0.05, 0) is 7.05 Å². The van der Waals surface area contributed by atoms with Crippen molar-refractivity contribution < 1.29 is 9.53 Å². The van der Waals surface area contributed by atoms with Crippen LogP contribution < -0.4 is 11.1 Å². The molecular formula is C11H27N3O2. The van der Waals surface area contributed by atoms with Crippen LogP contribution in [0.1, 0.15) is 27.7 Å². The van der Waals surface area contributed by atoms with Crippen LogP contribution in [0.25, 0.3) is 0 Å². The Balaban J connectivity index is 0. The van der Waals surface area contributed by atoms with Gasteiger partial charge < -0.3 is 20.7 Å². The van der Waals surface area contributed by atoms with Crippen LogP contribution in [0.4, 0.5) is 4.79 Å². The van der Waals surface area contributed by atoms with Crippen molar-refractivity contribution in [2.45, 2.75) is 33.8 Å². The Bertz CT molecular complexity index is 165. The van der Waals surface area contributed by atoms with Crippen molar-refractivity contribution in [1.82, 2.24) is 10.2 Å². The number of hydrogen-bond donors (Lipinski definition) is 2. The molecule has 1 rings (SSSR count). The Morgan fingerprint density at radius 3 is 2.44 bits per heavy atom. The highest BCUT2D eigenvalue weighted by molar-refractivity contribution is 5.71. The Morgan fingerprint density at radius 1 is 1.44 bits per heavy atom. The molecule has 1 atom stereocenters. The molecule has 98 valence electrons. The largest absolute Gasteiger partial charge is 0.374 e. The molecule has 5 nitrogen and oxygen atoms in total. The predicted octanol–water partition coefficient (Wildman–Crippen LogP) is 1.04. The van der Waals surface area contributed by atoms with Gasteiger partial charge in [0.15, 0.2) is 0 Å². The first kappa shape index (κ1) is 17.6. The molecule has 0 spiro atoms. The Hall–Kier alpha value is -0.810. The van der Waals surface area contributed by atoms with Gasteiger partial charge in [0, 0.05) is 19.6 Å². The van der Waals surface area contributed by atoms with E-state index in [-0.39, 0.29) is 6.10 Å². The molecule has 3 N–H and O–H groups in total. The number of nitrogens with two attached hydrogens (primary N) is 1. The first-order valence-corrected chi connectivity index (χ1v) is 6.02. The highest BCUT2D eigenvalue weighted by Crippen LogP contribution is 2.00. The number of urea groups is 1. The van der Waals surface area contributed by atoms with Crippen molar-refractivity contribution in [3.63, 3.8) is 0 Å². The van der Waals surface area contributed by atoms with Gasteiger partial charge >= 0.3 is 6.03 Å². The monoisotopic (exact) mass is 233 g/mol. The molecule has 0 saturated carbocycles. The molecule has 1 saturated heterocycles. The zero-order valence-corrected chi connectivity index (χ0v) is 11.2. The fraction of sp³-hybridized carbons (Fsp3) is 0.909. The van der Waals surface area contributed by atoms with E-state index in [1.165, 1.54) is 0 Å². The number of rotatable bonds is 2. The van der Waals surface area contributed by atoms with E-state index in [2.05, 4.69) is 10.2 Å². The Morgan fingerprint density at radius 2 is 2.00 bits per heavy atom. The van der Waals surface area contributed by atoms with E-state index in [4.69, 9.17) is 10.5 Å². The molecule has 0 aliphatic carbocycles. The van der Waals surface area contributed by atoms with Gasteiger partial charge in [-0.25, -0.2) is 4.79 Å². The average molecular weight is 233 g/mol. The number of likely N-dealkylation sites (N-methyl/N-ethyl adjacent to an activating group) is 1. The summed E-state index contributed by atoms with van der Waals surface area (Å²) in [4.78, 5) is 12.5. The summed E-state index contributed by atoms with van der Waals surface area (Å²) in [6.07, 6.45) is 0.0799. The second-order valence-electron chi connectivity index (χ2n) is 3.00. The maximum Gasteiger partial charge on any atom is 0.312 e. The Kier molecular flexibility index (Phi) is 13.5. The second-order valence-corrected chi connectivity index (χ2v) is 3.00. The summed E-state index contributed by atoms with van der Waals surface area (Å²) in [6.45, 7) is 11.0. The molecule has 2 amide bonds. The maximum absolute atomic E-state index is 10.4. The van der Waals surface area contributed by atoms with Crippen LogP contribution in [-0.2, 0) is 4.74 Å². The highest BCUT2D eigenvalue weighted by atomic mass is 16.5. The zero-order chi connectivity index (χ0) is 13.0. The third kappa shape index (κ3) is 9.73. The van der Waals surface area contributed by atoms with Crippen LogP contribution in [0.2, 0.25) is 0 Å². The second kappa shape index (κ2) is 12.3. The third-order valence-electron chi connectivity index (χ3n) is 1.85. The van der Waals surface area contributed by atoms with Crippen LogP contribution in [0.5, 0.6) is 0 Å². The molecule has 16 heavy (non-hydrogen) atoms. The molecule has 0 aromatic carbocycles. The topological polar surface area (TPSA) is 67.6 Å². The minimum absolute atomic E-state index is 0.0799. The minimum Gasteiger partial charge on any atom is -0.374 e. The van der Waals surface area contributed by atoms with Crippen molar-refractivity contribution in [2.24, 2.45) is 5.73 Å². The summed E-state index contributed by atoms with van der Waals surface area (Å²) in [5.41, 5.74) is 4.93. The molecule has 5 heteroatoms. The SMILES string of the molecule is CC.CC.CN1CCOC(CNC(N)=O)C1. The lowest BCUT2D eigenvalue weighted by Gasteiger charge is -2.29. The number of morpholine rings is 1. The van der Waals surface area contributed by atoms with Gasteiger partial charge in [-0.1, -0.05) is 27.7 Å². The molecule has 1 aliphatic rings. The molecule has 0 radical (unpaired) electrons. The molecule has 0 aromatic heterocycles. The lowest BCUT2D eigenvalue weighted by molar-refractivity contribution is -0.0166. The quantitative estimate of drug-likeness (QED) is 0.749. The van der Waals surface area contributed by atoms with Gasteiger partial charge in [0.05, 0.1) is 12.7 Å². The maximum atomic E-state index is 10.4. The van der Waals surface area contributed by atoms with Gasteiger partial charge in [-0.2, -0.15) is 0 Å². The summed E-state index contributed by atoms with van der Waals surface area (Å²) in [5.74, 6) is 0. The zero-order valence-electron chi connectivity index (χ0n) is 11.2. The van der Waals surface area contributed by atoms with Crippen molar-refractivity contribution >= 4 is 6.03 Å². The number of primary amides is 1. The normalized spacial score (nSPS) is 19.7. The lowest BCUT2D eigenvalue weighted by Crippen LogP contribution is -2.46. The van der Waals surface area contributed by atoms with E-state index >= 15 is 0 Å². The summed E-state index contributed by atoms with van der Waals surface area (Å²) in [5, 5.41) is 2.52. The summed E-state index contributed by atoms with van der Waals surface area (Å²) < 4.78 is 5.39. The van der Waals surface area contributed by atoms with E-state index in [0.29, 0.717) is 6.54 Å². The molecule has 0 aromatic rings. The summed E-state index contributed by atoms with van der Waals surface area (Å²) in [7, 11) is 2.03. The smallest absolute Gasteiger partial charge is 0.312 e.